The summed E-state index contributed by atoms with van der Waals surface area (Å²) in [6, 6.07) is 6.50. The highest BCUT2D eigenvalue weighted by atomic mass is 16.5. The van der Waals surface area contributed by atoms with Crippen molar-refractivity contribution in [3.8, 4) is 5.75 Å². The molecule has 0 aliphatic heterocycles. The van der Waals surface area contributed by atoms with Crippen molar-refractivity contribution < 1.29 is 4.74 Å². The first kappa shape index (κ1) is 16.7. The van der Waals surface area contributed by atoms with Crippen LogP contribution in [-0.2, 0) is 0 Å². The van der Waals surface area contributed by atoms with Gasteiger partial charge in [-0.1, -0.05) is 19.8 Å². The number of nitrogens with two attached hydrogens (primary N) is 1. The fourth-order valence-corrected chi connectivity index (χ4v) is 2.33. The number of rotatable bonds is 8. The third-order valence-corrected chi connectivity index (χ3v) is 3.24. The number of ether oxygens (including phenoxy) is 1. The molecule has 0 amide bonds. The van der Waals surface area contributed by atoms with Gasteiger partial charge in [-0.25, -0.2) is 0 Å². The highest BCUT2D eigenvalue weighted by Crippen LogP contribution is 2.28. The maximum atomic E-state index is 6.02. The fourth-order valence-electron chi connectivity index (χ4n) is 2.33. The Morgan fingerprint density at radius 1 is 1.10 bits per heavy atom. The third kappa shape index (κ3) is 5.32. The number of unbranched alkanes of at least 4 members (excludes halogenated alkanes) is 2. The molecule has 114 valence electrons. The Labute approximate surface area is 124 Å². The van der Waals surface area contributed by atoms with Gasteiger partial charge < -0.3 is 15.4 Å². The maximum Gasteiger partial charge on any atom is 0.123 e. The van der Waals surface area contributed by atoms with Crippen LogP contribution in [0.15, 0.2) is 18.2 Å². The molecule has 0 atom stereocenters. The monoisotopic (exact) mass is 278 g/mol. The molecule has 0 spiro atoms. The maximum absolute atomic E-state index is 6.02. The molecule has 2 N–H and O–H groups in total. The number of hydrogen-bond donors (Lipinski definition) is 1. The minimum absolute atomic E-state index is 0.164. The molecule has 0 unspecified atom stereocenters. The van der Waals surface area contributed by atoms with Gasteiger partial charge >= 0.3 is 0 Å². The fraction of sp³-hybridized carbons (Fsp3) is 0.647. The average Bonchev–Trinajstić information content (AvgIpc) is 2.32. The van der Waals surface area contributed by atoms with Crippen LogP contribution in [0.5, 0.6) is 5.75 Å². The minimum Gasteiger partial charge on any atom is -0.491 e. The molecule has 20 heavy (non-hydrogen) atoms. The Hall–Kier alpha value is -1.38. The first-order valence-corrected chi connectivity index (χ1v) is 7.78. The molecule has 0 bridgehead atoms. The molecule has 0 aliphatic carbocycles. The predicted octanol–water partition coefficient (Wildman–Crippen LogP) is 4.46. The summed E-state index contributed by atoms with van der Waals surface area (Å²) in [6.07, 6.45) is 3.88. The van der Waals surface area contributed by atoms with Crippen LogP contribution >= 0.6 is 0 Å². The van der Waals surface area contributed by atoms with Gasteiger partial charge in [-0.2, -0.15) is 0 Å². The Morgan fingerprint density at radius 3 is 2.35 bits per heavy atom. The third-order valence-electron chi connectivity index (χ3n) is 3.24. The summed E-state index contributed by atoms with van der Waals surface area (Å²) in [7, 11) is 0. The van der Waals surface area contributed by atoms with E-state index in [4.69, 9.17) is 10.5 Å². The molecule has 0 aromatic heterocycles. The van der Waals surface area contributed by atoms with E-state index in [2.05, 4.69) is 31.7 Å². The van der Waals surface area contributed by atoms with Gasteiger partial charge in [-0.05, 0) is 40.2 Å². The van der Waals surface area contributed by atoms with Gasteiger partial charge in [-0.15, -0.1) is 0 Å². The van der Waals surface area contributed by atoms with Crippen LogP contribution in [0.3, 0.4) is 0 Å². The van der Waals surface area contributed by atoms with Crippen molar-refractivity contribution in [2.45, 2.75) is 66.0 Å². The van der Waals surface area contributed by atoms with E-state index in [9.17, 15) is 0 Å². The lowest BCUT2D eigenvalue weighted by Crippen LogP contribution is -2.31. The molecule has 0 saturated carbocycles. The molecule has 1 aromatic carbocycles. The van der Waals surface area contributed by atoms with E-state index in [1.54, 1.807) is 0 Å². The molecule has 3 heteroatoms. The van der Waals surface area contributed by atoms with Crippen molar-refractivity contribution in [3.05, 3.63) is 18.2 Å². The van der Waals surface area contributed by atoms with Gasteiger partial charge in [0.15, 0.2) is 0 Å². The van der Waals surface area contributed by atoms with E-state index >= 15 is 0 Å². The standard InChI is InChI=1S/C17H30N2O/c1-6-7-8-9-19(13(2)3)16-10-15(18)11-17(12-16)20-14(4)5/h10-14H,6-9,18H2,1-5H3. The van der Waals surface area contributed by atoms with Gasteiger partial charge in [0.1, 0.15) is 5.75 Å². The largest absolute Gasteiger partial charge is 0.491 e. The summed E-state index contributed by atoms with van der Waals surface area (Å²) in [5.74, 6) is 0.858. The summed E-state index contributed by atoms with van der Waals surface area (Å²) in [6.45, 7) is 11.8. The summed E-state index contributed by atoms with van der Waals surface area (Å²) < 4.78 is 5.78. The number of hydrogen-bond acceptors (Lipinski definition) is 3. The lowest BCUT2D eigenvalue weighted by molar-refractivity contribution is 0.242. The summed E-state index contributed by atoms with van der Waals surface area (Å²) in [5, 5.41) is 0. The van der Waals surface area contributed by atoms with Crippen LogP contribution < -0.4 is 15.4 Å². The average molecular weight is 278 g/mol. The molecular formula is C17H30N2O. The van der Waals surface area contributed by atoms with Crippen molar-refractivity contribution in [2.24, 2.45) is 0 Å². The van der Waals surface area contributed by atoms with E-state index in [0.717, 1.165) is 23.7 Å². The first-order chi connectivity index (χ1) is 9.43. The van der Waals surface area contributed by atoms with E-state index < -0.39 is 0 Å². The number of anilines is 2. The van der Waals surface area contributed by atoms with E-state index in [0.29, 0.717) is 6.04 Å². The van der Waals surface area contributed by atoms with Crippen LogP contribution in [0, 0.1) is 0 Å². The van der Waals surface area contributed by atoms with Gasteiger partial charge in [-0.3, -0.25) is 0 Å². The topological polar surface area (TPSA) is 38.5 Å². The summed E-state index contributed by atoms with van der Waals surface area (Å²) in [4.78, 5) is 2.40. The number of nitrogen functional groups attached to an aromatic ring is 1. The molecule has 0 fully saturated rings. The molecule has 0 aliphatic rings. The molecule has 0 radical (unpaired) electrons. The van der Waals surface area contributed by atoms with Crippen LogP contribution in [-0.4, -0.2) is 18.7 Å². The Bertz CT molecular complexity index is 402. The second kappa shape index (κ2) is 8.03. The van der Waals surface area contributed by atoms with Crippen molar-refractivity contribution in [3.63, 3.8) is 0 Å². The molecule has 0 heterocycles. The van der Waals surface area contributed by atoms with Crippen molar-refractivity contribution in [1.82, 2.24) is 0 Å². The lowest BCUT2D eigenvalue weighted by Gasteiger charge is -2.30. The van der Waals surface area contributed by atoms with Gasteiger partial charge in [0.25, 0.3) is 0 Å². The second-order valence-corrected chi connectivity index (χ2v) is 5.92. The lowest BCUT2D eigenvalue weighted by atomic mass is 10.1. The van der Waals surface area contributed by atoms with E-state index in [1.165, 1.54) is 19.3 Å². The summed E-state index contributed by atoms with van der Waals surface area (Å²) in [5.41, 5.74) is 7.94. The SMILES string of the molecule is CCCCCN(c1cc(N)cc(OC(C)C)c1)C(C)C. The van der Waals surface area contributed by atoms with Crippen LogP contribution in [0.1, 0.15) is 53.9 Å². The smallest absolute Gasteiger partial charge is 0.123 e. The first-order valence-electron chi connectivity index (χ1n) is 7.78. The zero-order valence-corrected chi connectivity index (χ0v) is 13.6. The zero-order valence-electron chi connectivity index (χ0n) is 13.6. The van der Waals surface area contributed by atoms with Crippen molar-refractivity contribution >= 4 is 11.4 Å². The molecule has 0 saturated heterocycles. The molecule has 3 nitrogen and oxygen atoms in total. The Balaban J connectivity index is 2.91. The minimum atomic E-state index is 0.164. The van der Waals surface area contributed by atoms with Gasteiger partial charge in [0.05, 0.1) is 6.10 Å². The molecule has 1 aromatic rings. The van der Waals surface area contributed by atoms with E-state index in [-0.39, 0.29) is 6.10 Å². The Kier molecular flexibility index (Phi) is 6.69. The zero-order chi connectivity index (χ0) is 15.1. The second-order valence-electron chi connectivity index (χ2n) is 5.92. The highest BCUT2D eigenvalue weighted by molar-refractivity contribution is 5.61. The molecule has 1 rings (SSSR count). The Morgan fingerprint density at radius 2 is 1.80 bits per heavy atom. The van der Waals surface area contributed by atoms with Gasteiger partial charge in [0.2, 0.25) is 0 Å². The normalized spacial score (nSPS) is 11.2. The quantitative estimate of drug-likeness (QED) is 0.563. The van der Waals surface area contributed by atoms with E-state index in [1.807, 2.05) is 26.0 Å². The van der Waals surface area contributed by atoms with Crippen molar-refractivity contribution in [1.29, 1.82) is 0 Å². The number of nitrogens with zero attached hydrogens (tertiary/aromatic N) is 1. The van der Waals surface area contributed by atoms with Crippen LogP contribution in [0.4, 0.5) is 11.4 Å². The van der Waals surface area contributed by atoms with Gasteiger partial charge in [0, 0.05) is 36.1 Å². The number of benzene rings is 1. The summed E-state index contributed by atoms with van der Waals surface area (Å²) >= 11 is 0. The predicted molar refractivity (Wildman–Crippen MR) is 88.6 cm³/mol. The van der Waals surface area contributed by atoms with Crippen molar-refractivity contribution in [2.75, 3.05) is 17.2 Å². The van der Waals surface area contributed by atoms with Crippen LogP contribution in [0.2, 0.25) is 0 Å². The highest BCUT2D eigenvalue weighted by Gasteiger charge is 2.12. The van der Waals surface area contributed by atoms with Crippen LogP contribution in [0.25, 0.3) is 0 Å². The molecular weight excluding hydrogens is 248 g/mol.